The highest BCUT2D eigenvalue weighted by Crippen LogP contribution is 2.39. The number of nitrogens with one attached hydrogen (secondary N) is 1. The quantitative estimate of drug-likeness (QED) is 0.422. The van der Waals surface area contributed by atoms with E-state index in [0.29, 0.717) is 10.7 Å². The van der Waals surface area contributed by atoms with E-state index in [1.165, 1.54) is 7.11 Å². The third-order valence-electron chi connectivity index (χ3n) is 5.43. The van der Waals surface area contributed by atoms with Gasteiger partial charge in [-0.15, -0.1) is 0 Å². The Kier molecular flexibility index (Phi) is 6.69. The van der Waals surface area contributed by atoms with Crippen LogP contribution in [0, 0.1) is 0 Å². The minimum absolute atomic E-state index is 0.00105. The maximum absolute atomic E-state index is 12.4. The van der Waals surface area contributed by atoms with E-state index in [9.17, 15) is 9.59 Å². The molecule has 33 heavy (non-hydrogen) atoms. The minimum atomic E-state index is -0.412. The van der Waals surface area contributed by atoms with Crippen LogP contribution in [0.3, 0.4) is 0 Å². The third-order valence-corrected chi connectivity index (χ3v) is 5.78. The average Bonchev–Trinajstić information content (AvgIpc) is 3.44. The van der Waals surface area contributed by atoms with Crippen LogP contribution in [0.1, 0.15) is 40.8 Å². The number of ether oxygens (including phenoxy) is 2. The third kappa shape index (κ3) is 4.58. The van der Waals surface area contributed by atoms with Crippen molar-refractivity contribution in [2.75, 3.05) is 20.3 Å². The highest BCUT2D eigenvalue weighted by molar-refractivity contribution is 7.80. The molecule has 0 saturated carbocycles. The van der Waals surface area contributed by atoms with Gasteiger partial charge in [-0.3, -0.25) is 9.78 Å². The Balaban J connectivity index is 1.78. The van der Waals surface area contributed by atoms with Gasteiger partial charge in [-0.1, -0.05) is 12.1 Å². The Morgan fingerprint density at radius 1 is 1.15 bits per heavy atom. The molecular weight excluding hydrogens is 440 g/mol. The molecule has 1 saturated heterocycles. The van der Waals surface area contributed by atoms with Gasteiger partial charge in [0.25, 0.3) is 0 Å². The number of rotatable bonds is 7. The van der Waals surface area contributed by atoms with Crippen molar-refractivity contribution in [2.45, 2.75) is 19.0 Å². The summed E-state index contributed by atoms with van der Waals surface area (Å²) in [6.07, 6.45) is 3.63. The lowest BCUT2D eigenvalue weighted by Gasteiger charge is -2.28. The molecule has 1 aliphatic heterocycles. The number of carbonyl (C=O) groups excluding carboxylic acids is 2. The average molecular weight is 465 g/mol. The van der Waals surface area contributed by atoms with Crippen molar-refractivity contribution in [1.82, 2.24) is 19.8 Å². The SMILES string of the molecule is CCOC(=O)CN1C(=S)N[C@@H](c2ccccn2)[C@H]1c1cccn1-c1cccc(C(=O)OC)c1. The Morgan fingerprint density at radius 2 is 2.00 bits per heavy atom. The van der Waals surface area contributed by atoms with Gasteiger partial charge in [0.05, 0.1) is 37.1 Å². The first kappa shape index (κ1) is 22.5. The standard InChI is InChI=1S/C24H24N4O4S/c1-3-32-20(29)15-28-22(21(26-24(28)33)18-10-4-5-12-25-18)19-11-7-13-27(19)17-9-6-8-16(14-17)23(30)31-2/h4-14,21-22H,3,15H2,1-2H3,(H,26,33)/t21-,22+/m0/s1. The van der Waals surface area contributed by atoms with E-state index in [4.69, 9.17) is 21.7 Å². The second-order valence-corrected chi connectivity index (χ2v) is 7.79. The first-order valence-corrected chi connectivity index (χ1v) is 10.9. The van der Waals surface area contributed by atoms with E-state index in [0.717, 1.165) is 17.1 Å². The van der Waals surface area contributed by atoms with Crippen LogP contribution in [0.5, 0.6) is 0 Å². The lowest BCUT2D eigenvalue weighted by Crippen LogP contribution is -2.36. The summed E-state index contributed by atoms with van der Waals surface area (Å²) in [6.45, 7) is 2.06. The predicted octanol–water partition coefficient (Wildman–Crippen LogP) is 3.19. The number of carbonyl (C=O) groups is 2. The number of nitrogens with zero attached hydrogens (tertiary/aromatic N) is 3. The topological polar surface area (TPSA) is 85.7 Å². The molecule has 1 aliphatic rings. The summed E-state index contributed by atoms with van der Waals surface area (Å²) in [4.78, 5) is 30.8. The Labute approximate surface area is 197 Å². The van der Waals surface area contributed by atoms with Crippen molar-refractivity contribution >= 4 is 29.3 Å². The molecule has 2 atom stereocenters. The molecule has 0 spiro atoms. The molecule has 9 heteroatoms. The van der Waals surface area contributed by atoms with Crippen LogP contribution in [0.4, 0.5) is 0 Å². The van der Waals surface area contributed by atoms with E-state index in [1.54, 1.807) is 31.3 Å². The van der Waals surface area contributed by atoms with E-state index >= 15 is 0 Å². The van der Waals surface area contributed by atoms with Crippen LogP contribution in [0.15, 0.2) is 67.0 Å². The summed E-state index contributed by atoms with van der Waals surface area (Å²) < 4.78 is 12.0. The number of hydrogen-bond acceptors (Lipinski definition) is 6. The fraction of sp³-hybridized carbons (Fsp3) is 0.250. The molecule has 1 fully saturated rings. The van der Waals surface area contributed by atoms with Crippen LogP contribution >= 0.6 is 12.2 Å². The number of methoxy groups -OCH3 is 1. The van der Waals surface area contributed by atoms with Gasteiger partial charge in [0.1, 0.15) is 6.54 Å². The maximum atomic E-state index is 12.4. The van der Waals surface area contributed by atoms with Crippen LogP contribution in [0.2, 0.25) is 0 Å². The summed E-state index contributed by atoms with van der Waals surface area (Å²) in [5.41, 5.74) is 2.91. The Morgan fingerprint density at radius 3 is 2.73 bits per heavy atom. The summed E-state index contributed by atoms with van der Waals surface area (Å²) >= 11 is 5.61. The van der Waals surface area contributed by atoms with E-state index < -0.39 is 5.97 Å². The highest BCUT2D eigenvalue weighted by atomic mass is 32.1. The number of benzene rings is 1. The molecule has 1 aromatic carbocycles. The maximum Gasteiger partial charge on any atom is 0.337 e. The van der Waals surface area contributed by atoms with Crippen molar-refractivity contribution in [3.8, 4) is 5.69 Å². The summed E-state index contributed by atoms with van der Waals surface area (Å²) in [6, 6.07) is 16.1. The molecule has 3 heterocycles. The van der Waals surface area contributed by atoms with Crippen molar-refractivity contribution in [2.24, 2.45) is 0 Å². The first-order chi connectivity index (χ1) is 16.0. The van der Waals surface area contributed by atoms with Crippen LogP contribution < -0.4 is 5.32 Å². The molecule has 8 nitrogen and oxygen atoms in total. The minimum Gasteiger partial charge on any atom is -0.465 e. The number of esters is 2. The predicted molar refractivity (Wildman–Crippen MR) is 126 cm³/mol. The van der Waals surface area contributed by atoms with Crippen LogP contribution in [-0.4, -0.2) is 51.8 Å². The molecule has 0 aliphatic carbocycles. The lowest BCUT2D eigenvalue weighted by atomic mass is 10.0. The molecule has 170 valence electrons. The van der Waals surface area contributed by atoms with Crippen molar-refractivity contribution < 1.29 is 19.1 Å². The van der Waals surface area contributed by atoms with Gasteiger partial charge in [-0.05, 0) is 61.6 Å². The Bertz CT molecular complexity index is 1160. The van der Waals surface area contributed by atoms with Gasteiger partial charge in [0.15, 0.2) is 5.11 Å². The van der Waals surface area contributed by atoms with E-state index in [1.807, 2.05) is 52.1 Å². The normalized spacial score (nSPS) is 17.5. The van der Waals surface area contributed by atoms with Gasteiger partial charge >= 0.3 is 11.9 Å². The number of pyridine rings is 1. The number of aromatic nitrogens is 2. The lowest BCUT2D eigenvalue weighted by molar-refractivity contribution is -0.143. The monoisotopic (exact) mass is 464 g/mol. The van der Waals surface area contributed by atoms with Gasteiger partial charge in [-0.25, -0.2) is 4.79 Å². The smallest absolute Gasteiger partial charge is 0.337 e. The van der Waals surface area contributed by atoms with Gasteiger partial charge in [0, 0.05) is 23.8 Å². The number of thiocarbonyl (C=S) groups is 1. The van der Waals surface area contributed by atoms with Gasteiger partial charge in [-0.2, -0.15) is 0 Å². The fourth-order valence-corrected chi connectivity index (χ4v) is 4.32. The van der Waals surface area contributed by atoms with Crippen LogP contribution in [0.25, 0.3) is 5.69 Å². The first-order valence-electron chi connectivity index (χ1n) is 10.5. The zero-order valence-corrected chi connectivity index (χ0v) is 19.1. The summed E-state index contributed by atoms with van der Waals surface area (Å²) in [5.74, 6) is -0.774. The molecule has 0 unspecified atom stereocenters. The molecule has 0 amide bonds. The Hall–Kier alpha value is -3.72. The van der Waals surface area contributed by atoms with Gasteiger partial charge in [0.2, 0.25) is 0 Å². The second kappa shape index (κ2) is 9.83. The zero-order valence-electron chi connectivity index (χ0n) is 18.3. The molecule has 3 aromatic rings. The molecule has 1 N–H and O–H groups in total. The highest BCUT2D eigenvalue weighted by Gasteiger charge is 2.42. The summed E-state index contributed by atoms with van der Waals surface area (Å²) in [5, 5.41) is 3.77. The fourth-order valence-electron chi connectivity index (χ4n) is 4.01. The molecule has 4 rings (SSSR count). The molecular formula is C24H24N4O4S. The van der Waals surface area contributed by atoms with E-state index in [2.05, 4.69) is 10.3 Å². The van der Waals surface area contributed by atoms with E-state index in [-0.39, 0.29) is 31.2 Å². The largest absolute Gasteiger partial charge is 0.465 e. The summed E-state index contributed by atoms with van der Waals surface area (Å²) in [7, 11) is 1.35. The van der Waals surface area contributed by atoms with Crippen molar-refractivity contribution in [1.29, 1.82) is 0 Å². The zero-order chi connectivity index (χ0) is 23.4. The molecule has 0 radical (unpaired) electrons. The second-order valence-electron chi connectivity index (χ2n) is 7.40. The number of hydrogen-bond donors (Lipinski definition) is 1. The molecule has 0 bridgehead atoms. The van der Waals surface area contributed by atoms with Crippen molar-refractivity contribution in [3.05, 3.63) is 83.9 Å². The van der Waals surface area contributed by atoms with Crippen molar-refractivity contribution in [3.63, 3.8) is 0 Å². The molecule has 2 aromatic heterocycles. The van der Waals surface area contributed by atoms with Crippen LogP contribution in [-0.2, 0) is 14.3 Å². The van der Waals surface area contributed by atoms with Gasteiger partial charge < -0.3 is 24.3 Å².